The average Bonchev–Trinajstić information content (AvgIpc) is 2.37. The van der Waals surface area contributed by atoms with Gasteiger partial charge in [0.15, 0.2) is 0 Å². The van der Waals surface area contributed by atoms with Gasteiger partial charge < -0.3 is 15.2 Å². The third-order valence-electron chi connectivity index (χ3n) is 2.59. The topological polar surface area (TPSA) is 101 Å². The highest BCUT2D eigenvalue weighted by molar-refractivity contribution is 5.85. The number of carboxylic acids is 1. The SMILES string of the molecule is CCC(CNc1cc(C)nc(C(=O)OC)n1)C(=O)O. The lowest BCUT2D eigenvalue weighted by Crippen LogP contribution is -2.23. The summed E-state index contributed by atoms with van der Waals surface area (Å²) < 4.78 is 4.55. The van der Waals surface area contributed by atoms with Crippen LogP contribution in [-0.4, -0.2) is 40.7 Å². The Bertz CT molecular complexity index is 476. The Kier molecular flexibility index (Phi) is 5.23. The zero-order valence-electron chi connectivity index (χ0n) is 11.1. The van der Waals surface area contributed by atoms with E-state index < -0.39 is 17.9 Å². The lowest BCUT2D eigenvalue weighted by atomic mass is 10.1. The minimum atomic E-state index is -0.867. The van der Waals surface area contributed by atoms with Gasteiger partial charge in [0.2, 0.25) is 5.82 Å². The normalized spacial score (nSPS) is 11.7. The van der Waals surface area contributed by atoms with Crippen molar-refractivity contribution in [1.29, 1.82) is 0 Å². The molecular weight excluding hydrogens is 250 g/mol. The lowest BCUT2D eigenvalue weighted by molar-refractivity contribution is -0.141. The zero-order chi connectivity index (χ0) is 14.4. The molecule has 0 saturated heterocycles. The van der Waals surface area contributed by atoms with Crippen LogP contribution in [0.4, 0.5) is 5.82 Å². The zero-order valence-corrected chi connectivity index (χ0v) is 11.1. The van der Waals surface area contributed by atoms with Crippen molar-refractivity contribution >= 4 is 17.8 Å². The Morgan fingerprint density at radius 1 is 1.47 bits per heavy atom. The molecule has 0 aromatic carbocycles. The number of aryl methyl sites for hydroxylation is 1. The lowest BCUT2D eigenvalue weighted by Gasteiger charge is -2.12. The second-order valence-electron chi connectivity index (χ2n) is 4.03. The maximum Gasteiger partial charge on any atom is 0.376 e. The van der Waals surface area contributed by atoms with Crippen molar-refractivity contribution in [3.05, 3.63) is 17.6 Å². The van der Waals surface area contributed by atoms with E-state index in [0.29, 0.717) is 17.9 Å². The van der Waals surface area contributed by atoms with Gasteiger partial charge in [0.25, 0.3) is 0 Å². The molecule has 0 bridgehead atoms. The molecule has 0 fully saturated rings. The van der Waals surface area contributed by atoms with Crippen molar-refractivity contribution in [2.45, 2.75) is 20.3 Å². The van der Waals surface area contributed by atoms with Crippen molar-refractivity contribution in [1.82, 2.24) is 9.97 Å². The fraction of sp³-hybridized carbons (Fsp3) is 0.500. The van der Waals surface area contributed by atoms with Gasteiger partial charge in [-0.3, -0.25) is 4.79 Å². The van der Waals surface area contributed by atoms with Gasteiger partial charge in [-0.15, -0.1) is 0 Å². The summed E-state index contributed by atoms with van der Waals surface area (Å²) >= 11 is 0. The molecule has 1 unspecified atom stereocenters. The molecule has 0 aliphatic heterocycles. The van der Waals surface area contributed by atoms with Crippen LogP contribution in [0, 0.1) is 12.8 Å². The van der Waals surface area contributed by atoms with Crippen molar-refractivity contribution in [3.8, 4) is 0 Å². The third kappa shape index (κ3) is 4.20. The van der Waals surface area contributed by atoms with Gasteiger partial charge in [-0.05, 0) is 13.3 Å². The molecule has 1 rings (SSSR count). The van der Waals surface area contributed by atoms with Crippen molar-refractivity contribution < 1.29 is 19.4 Å². The molecule has 7 heteroatoms. The molecule has 1 aromatic heterocycles. The van der Waals surface area contributed by atoms with E-state index in [0.717, 1.165) is 0 Å². The van der Waals surface area contributed by atoms with E-state index in [-0.39, 0.29) is 12.4 Å². The highest BCUT2D eigenvalue weighted by Crippen LogP contribution is 2.09. The monoisotopic (exact) mass is 267 g/mol. The summed E-state index contributed by atoms with van der Waals surface area (Å²) in [6.07, 6.45) is 0.510. The summed E-state index contributed by atoms with van der Waals surface area (Å²) in [5, 5.41) is 11.8. The third-order valence-corrected chi connectivity index (χ3v) is 2.59. The van der Waals surface area contributed by atoms with Gasteiger partial charge in [0, 0.05) is 18.3 Å². The molecule has 0 aliphatic carbocycles. The summed E-state index contributed by atoms with van der Waals surface area (Å²) in [7, 11) is 1.25. The summed E-state index contributed by atoms with van der Waals surface area (Å²) in [6.45, 7) is 3.75. The molecule has 0 aliphatic rings. The summed E-state index contributed by atoms with van der Waals surface area (Å²) in [5.41, 5.74) is 0.598. The summed E-state index contributed by atoms with van der Waals surface area (Å²) in [6, 6.07) is 1.64. The van der Waals surface area contributed by atoms with Gasteiger partial charge in [0.05, 0.1) is 13.0 Å². The van der Waals surface area contributed by atoms with Gasteiger partial charge in [0.1, 0.15) is 5.82 Å². The number of aliphatic carboxylic acids is 1. The quantitative estimate of drug-likeness (QED) is 0.744. The Morgan fingerprint density at radius 3 is 2.68 bits per heavy atom. The number of rotatable bonds is 6. The van der Waals surface area contributed by atoms with Crippen LogP contribution in [0.1, 0.15) is 29.7 Å². The fourth-order valence-electron chi connectivity index (χ4n) is 1.48. The molecule has 0 saturated carbocycles. The van der Waals surface area contributed by atoms with Crippen LogP contribution >= 0.6 is 0 Å². The fourth-order valence-corrected chi connectivity index (χ4v) is 1.48. The number of nitrogens with zero attached hydrogens (tertiary/aromatic N) is 2. The van der Waals surface area contributed by atoms with Gasteiger partial charge in [-0.2, -0.15) is 0 Å². The standard InChI is InChI=1S/C12H17N3O4/c1-4-8(11(16)17)6-13-9-5-7(2)14-10(15-9)12(18)19-3/h5,8H,4,6H2,1-3H3,(H,16,17)(H,13,14,15). The molecule has 2 N–H and O–H groups in total. The smallest absolute Gasteiger partial charge is 0.376 e. The predicted molar refractivity (Wildman–Crippen MR) is 68.0 cm³/mol. The molecule has 0 amide bonds. The molecule has 0 radical (unpaired) electrons. The van der Waals surface area contributed by atoms with E-state index in [9.17, 15) is 9.59 Å². The van der Waals surface area contributed by atoms with Crippen LogP contribution in [0.3, 0.4) is 0 Å². The molecule has 104 valence electrons. The molecule has 1 atom stereocenters. The Hall–Kier alpha value is -2.18. The van der Waals surface area contributed by atoms with E-state index in [2.05, 4.69) is 20.0 Å². The number of hydrogen-bond acceptors (Lipinski definition) is 6. The Morgan fingerprint density at radius 2 is 2.16 bits per heavy atom. The number of ether oxygens (including phenoxy) is 1. The van der Waals surface area contributed by atoms with Crippen molar-refractivity contribution in [2.75, 3.05) is 19.0 Å². The summed E-state index contributed by atoms with van der Waals surface area (Å²) in [4.78, 5) is 30.2. The minimum absolute atomic E-state index is 0.0478. The average molecular weight is 267 g/mol. The second-order valence-corrected chi connectivity index (χ2v) is 4.03. The van der Waals surface area contributed by atoms with Crippen molar-refractivity contribution in [3.63, 3.8) is 0 Å². The molecule has 0 spiro atoms. The predicted octanol–water partition coefficient (Wildman–Crippen LogP) is 1.09. The second kappa shape index (κ2) is 6.67. The number of anilines is 1. The number of carbonyl (C=O) groups is 2. The van der Waals surface area contributed by atoms with Gasteiger partial charge in [-0.25, -0.2) is 14.8 Å². The first kappa shape index (κ1) is 14.9. The Balaban J connectivity index is 2.81. The van der Waals surface area contributed by atoms with Crippen LogP contribution in [0.25, 0.3) is 0 Å². The van der Waals surface area contributed by atoms with Crippen LogP contribution < -0.4 is 5.32 Å². The number of esters is 1. The van der Waals surface area contributed by atoms with E-state index in [1.54, 1.807) is 19.9 Å². The molecular formula is C12H17N3O4. The van der Waals surface area contributed by atoms with E-state index in [1.165, 1.54) is 7.11 Å². The maximum atomic E-state index is 11.4. The van der Waals surface area contributed by atoms with E-state index in [4.69, 9.17) is 5.11 Å². The molecule has 19 heavy (non-hydrogen) atoms. The largest absolute Gasteiger partial charge is 0.481 e. The number of methoxy groups -OCH3 is 1. The highest BCUT2D eigenvalue weighted by Gasteiger charge is 2.16. The molecule has 1 heterocycles. The number of aromatic nitrogens is 2. The van der Waals surface area contributed by atoms with Crippen LogP contribution in [0.2, 0.25) is 0 Å². The van der Waals surface area contributed by atoms with Gasteiger partial charge in [-0.1, -0.05) is 6.92 Å². The molecule has 7 nitrogen and oxygen atoms in total. The first-order valence-corrected chi connectivity index (χ1v) is 5.88. The van der Waals surface area contributed by atoms with Crippen LogP contribution in [0.5, 0.6) is 0 Å². The number of carbonyl (C=O) groups excluding carboxylic acids is 1. The Labute approximate surface area is 111 Å². The van der Waals surface area contributed by atoms with Crippen LogP contribution in [0.15, 0.2) is 6.07 Å². The minimum Gasteiger partial charge on any atom is -0.481 e. The molecule has 1 aromatic rings. The summed E-state index contributed by atoms with van der Waals surface area (Å²) in [5.74, 6) is -1.64. The number of carboxylic acid groups (broad SMARTS) is 1. The number of nitrogens with one attached hydrogen (secondary N) is 1. The van der Waals surface area contributed by atoms with Gasteiger partial charge >= 0.3 is 11.9 Å². The van der Waals surface area contributed by atoms with E-state index >= 15 is 0 Å². The van der Waals surface area contributed by atoms with E-state index in [1.807, 2.05) is 0 Å². The first-order valence-electron chi connectivity index (χ1n) is 5.88. The van der Waals surface area contributed by atoms with Crippen LogP contribution in [-0.2, 0) is 9.53 Å². The number of hydrogen-bond donors (Lipinski definition) is 2. The maximum absolute atomic E-state index is 11.4. The van der Waals surface area contributed by atoms with Crippen molar-refractivity contribution in [2.24, 2.45) is 5.92 Å². The first-order chi connectivity index (χ1) is 8.97. The highest BCUT2D eigenvalue weighted by atomic mass is 16.5.